The molecule has 0 radical (unpaired) electrons. The van der Waals surface area contributed by atoms with Gasteiger partial charge in [-0.1, -0.05) is 36.9 Å². The SMILES string of the molecule is Cc1ccc(NC(=S)NNC(=O)C2CCCCC2)cc1Cl. The fourth-order valence-corrected chi connectivity index (χ4v) is 2.77. The number of hydrazine groups is 1. The average molecular weight is 326 g/mol. The molecule has 0 spiro atoms. The fourth-order valence-electron chi connectivity index (χ4n) is 2.42. The number of aryl methyl sites for hydroxylation is 1. The highest BCUT2D eigenvalue weighted by Gasteiger charge is 2.20. The van der Waals surface area contributed by atoms with Crippen molar-refractivity contribution in [2.24, 2.45) is 5.92 Å². The van der Waals surface area contributed by atoms with E-state index < -0.39 is 0 Å². The van der Waals surface area contributed by atoms with E-state index in [1.54, 1.807) is 6.07 Å². The third-order valence-electron chi connectivity index (χ3n) is 3.70. The molecule has 6 heteroatoms. The third kappa shape index (κ3) is 4.86. The van der Waals surface area contributed by atoms with Crippen LogP contribution in [0.4, 0.5) is 5.69 Å². The highest BCUT2D eigenvalue weighted by Crippen LogP contribution is 2.23. The van der Waals surface area contributed by atoms with Gasteiger partial charge < -0.3 is 5.32 Å². The fraction of sp³-hybridized carbons (Fsp3) is 0.467. The normalized spacial score (nSPS) is 15.3. The van der Waals surface area contributed by atoms with Crippen LogP contribution in [-0.4, -0.2) is 11.0 Å². The topological polar surface area (TPSA) is 53.2 Å². The van der Waals surface area contributed by atoms with Crippen molar-refractivity contribution in [1.29, 1.82) is 0 Å². The van der Waals surface area contributed by atoms with Gasteiger partial charge in [-0.15, -0.1) is 0 Å². The Morgan fingerprint density at radius 1 is 1.24 bits per heavy atom. The molecule has 0 heterocycles. The Bertz CT molecular complexity index is 530. The van der Waals surface area contributed by atoms with Crippen LogP contribution in [-0.2, 0) is 4.79 Å². The Hall–Kier alpha value is -1.33. The summed E-state index contributed by atoms with van der Waals surface area (Å²) < 4.78 is 0. The summed E-state index contributed by atoms with van der Waals surface area (Å²) in [6.45, 7) is 1.94. The summed E-state index contributed by atoms with van der Waals surface area (Å²) in [5.41, 5.74) is 7.21. The molecular formula is C15H20ClN3OS. The van der Waals surface area contributed by atoms with Crippen LogP contribution in [0, 0.1) is 12.8 Å². The van der Waals surface area contributed by atoms with Crippen molar-refractivity contribution in [2.75, 3.05) is 5.32 Å². The molecule has 114 valence electrons. The Morgan fingerprint density at radius 2 is 1.95 bits per heavy atom. The first-order valence-electron chi connectivity index (χ1n) is 7.19. The standard InChI is InChI=1S/C15H20ClN3OS/c1-10-7-8-12(9-13(10)16)17-15(21)19-18-14(20)11-5-3-2-4-6-11/h7-9,11H,2-6H2,1H3,(H,18,20)(H2,17,19,21). The van der Waals surface area contributed by atoms with Gasteiger partial charge in [-0.25, -0.2) is 0 Å². The van der Waals surface area contributed by atoms with E-state index in [1.165, 1.54) is 6.42 Å². The van der Waals surface area contributed by atoms with E-state index in [-0.39, 0.29) is 11.8 Å². The van der Waals surface area contributed by atoms with E-state index in [2.05, 4.69) is 16.2 Å². The molecule has 0 unspecified atom stereocenters. The van der Waals surface area contributed by atoms with Crippen molar-refractivity contribution >= 4 is 40.5 Å². The molecule has 0 saturated heterocycles. The van der Waals surface area contributed by atoms with E-state index in [4.69, 9.17) is 23.8 Å². The molecule has 3 N–H and O–H groups in total. The maximum atomic E-state index is 12.0. The maximum absolute atomic E-state index is 12.0. The largest absolute Gasteiger partial charge is 0.331 e. The predicted molar refractivity (Wildman–Crippen MR) is 90.3 cm³/mol. The molecule has 1 fully saturated rings. The van der Waals surface area contributed by atoms with Crippen molar-refractivity contribution in [1.82, 2.24) is 10.9 Å². The molecule has 0 aliphatic heterocycles. The van der Waals surface area contributed by atoms with Crippen LogP contribution < -0.4 is 16.2 Å². The maximum Gasteiger partial charge on any atom is 0.241 e. The van der Waals surface area contributed by atoms with Crippen LogP contribution in [0.25, 0.3) is 0 Å². The van der Waals surface area contributed by atoms with Gasteiger partial charge in [-0.2, -0.15) is 0 Å². The van der Waals surface area contributed by atoms with E-state index >= 15 is 0 Å². The van der Waals surface area contributed by atoms with Crippen molar-refractivity contribution < 1.29 is 4.79 Å². The molecule has 0 bridgehead atoms. The van der Waals surface area contributed by atoms with Crippen LogP contribution in [0.15, 0.2) is 18.2 Å². The van der Waals surface area contributed by atoms with Crippen molar-refractivity contribution in [3.63, 3.8) is 0 Å². The second-order valence-corrected chi connectivity index (χ2v) is 6.18. The summed E-state index contributed by atoms with van der Waals surface area (Å²) in [7, 11) is 0. The predicted octanol–water partition coefficient (Wildman–Crippen LogP) is 3.55. The Morgan fingerprint density at radius 3 is 2.62 bits per heavy atom. The first kappa shape index (κ1) is 16.0. The number of amides is 1. The molecular weight excluding hydrogens is 306 g/mol. The van der Waals surface area contributed by atoms with Gasteiger partial charge in [-0.05, 0) is 49.7 Å². The molecule has 1 amide bonds. The minimum absolute atomic E-state index is 0.0146. The van der Waals surface area contributed by atoms with Gasteiger partial charge in [0, 0.05) is 16.6 Å². The molecule has 1 aliphatic carbocycles. The van der Waals surface area contributed by atoms with Crippen LogP contribution in [0.5, 0.6) is 0 Å². The van der Waals surface area contributed by atoms with Gasteiger partial charge in [0.1, 0.15) is 0 Å². The molecule has 2 rings (SSSR count). The van der Waals surface area contributed by atoms with Crippen LogP contribution in [0.3, 0.4) is 0 Å². The molecule has 1 aliphatic rings. The number of hydrogen-bond acceptors (Lipinski definition) is 2. The summed E-state index contributed by atoms with van der Waals surface area (Å²) in [4.78, 5) is 12.0. The smallest absolute Gasteiger partial charge is 0.241 e. The quantitative estimate of drug-likeness (QED) is 0.575. The highest BCUT2D eigenvalue weighted by atomic mass is 35.5. The van der Waals surface area contributed by atoms with E-state index in [0.717, 1.165) is 36.9 Å². The second kappa shape index (κ2) is 7.61. The first-order valence-corrected chi connectivity index (χ1v) is 7.98. The molecule has 1 aromatic carbocycles. The zero-order valence-electron chi connectivity index (χ0n) is 12.0. The summed E-state index contributed by atoms with van der Waals surface area (Å²) >= 11 is 11.2. The molecule has 21 heavy (non-hydrogen) atoms. The van der Waals surface area contributed by atoms with Gasteiger partial charge in [0.25, 0.3) is 0 Å². The minimum Gasteiger partial charge on any atom is -0.331 e. The van der Waals surface area contributed by atoms with Gasteiger partial charge in [0.2, 0.25) is 5.91 Å². The van der Waals surface area contributed by atoms with Crippen LogP contribution in [0.1, 0.15) is 37.7 Å². The molecule has 1 aromatic rings. The zero-order chi connectivity index (χ0) is 15.2. The molecule has 0 atom stereocenters. The Balaban J connectivity index is 1.78. The van der Waals surface area contributed by atoms with Crippen molar-refractivity contribution in [3.8, 4) is 0 Å². The lowest BCUT2D eigenvalue weighted by molar-refractivity contribution is -0.126. The van der Waals surface area contributed by atoms with Gasteiger partial charge in [0.05, 0.1) is 0 Å². The van der Waals surface area contributed by atoms with Crippen molar-refractivity contribution in [3.05, 3.63) is 28.8 Å². The monoisotopic (exact) mass is 325 g/mol. The van der Waals surface area contributed by atoms with Gasteiger partial charge >= 0.3 is 0 Å². The minimum atomic E-state index is 0.0146. The number of rotatable bonds is 2. The number of halogens is 1. The lowest BCUT2D eigenvalue weighted by Crippen LogP contribution is -2.46. The lowest BCUT2D eigenvalue weighted by Gasteiger charge is -2.21. The summed E-state index contributed by atoms with van der Waals surface area (Å²) in [6, 6.07) is 5.60. The van der Waals surface area contributed by atoms with E-state index in [0.29, 0.717) is 10.1 Å². The lowest BCUT2D eigenvalue weighted by atomic mass is 9.89. The number of nitrogens with one attached hydrogen (secondary N) is 3. The van der Waals surface area contributed by atoms with E-state index in [1.807, 2.05) is 19.1 Å². The third-order valence-corrected chi connectivity index (χ3v) is 4.32. The Kier molecular flexibility index (Phi) is 5.82. The summed E-state index contributed by atoms with van der Waals surface area (Å²) in [5, 5.41) is 4.01. The Labute approximate surface area is 135 Å². The molecule has 4 nitrogen and oxygen atoms in total. The number of hydrogen-bond donors (Lipinski definition) is 3. The van der Waals surface area contributed by atoms with Crippen molar-refractivity contribution in [2.45, 2.75) is 39.0 Å². The van der Waals surface area contributed by atoms with Gasteiger partial charge in [-0.3, -0.25) is 15.6 Å². The first-order chi connectivity index (χ1) is 10.1. The summed E-state index contributed by atoms with van der Waals surface area (Å²) in [6.07, 6.45) is 5.40. The summed E-state index contributed by atoms with van der Waals surface area (Å²) in [5.74, 6) is 0.114. The average Bonchev–Trinajstić information content (AvgIpc) is 2.49. The number of carbonyl (C=O) groups excluding carboxylic acids is 1. The number of carbonyl (C=O) groups is 1. The molecule has 1 saturated carbocycles. The number of benzene rings is 1. The number of thiocarbonyl (C=S) groups is 1. The van der Waals surface area contributed by atoms with Crippen LogP contribution >= 0.6 is 23.8 Å². The number of anilines is 1. The van der Waals surface area contributed by atoms with Crippen LogP contribution in [0.2, 0.25) is 5.02 Å². The molecule has 0 aromatic heterocycles. The van der Waals surface area contributed by atoms with Gasteiger partial charge in [0.15, 0.2) is 5.11 Å². The highest BCUT2D eigenvalue weighted by molar-refractivity contribution is 7.80. The zero-order valence-corrected chi connectivity index (χ0v) is 13.6. The van der Waals surface area contributed by atoms with E-state index in [9.17, 15) is 4.79 Å². The second-order valence-electron chi connectivity index (χ2n) is 5.37.